The van der Waals surface area contributed by atoms with Crippen LogP contribution in [0.3, 0.4) is 0 Å². The fourth-order valence-corrected chi connectivity index (χ4v) is 1.70. The van der Waals surface area contributed by atoms with Crippen LogP contribution in [-0.2, 0) is 22.4 Å². The van der Waals surface area contributed by atoms with Gasteiger partial charge in [0, 0.05) is 5.56 Å². The first-order chi connectivity index (χ1) is 8.26. The molecule has 0 atom stereocenters. The zero-order valence-electron chi connectivity index (χ0n) is 9.93. The van der Waals surface area contributed by atoms with Crippen molar-refractivity contribution in [2.45, 2.75) is 32.9 Å². The molecule has 0 N–H and O–H groups in total. The molecule has 4 nitrogen and oxygen atoms in total. The van der Waals surface area contributed by atoms with E-state index in [0.717, 1.165) is 24.0 Å². The number of hydrogen-bond acceptors (Lipinski definition) is 4. The summed E-state index contributed by atoms with van der Waals surface area (Å²) in [5.74, 6) is 0. The first-order valence-electron chi connectivity index (χ1n) is 5.52. The van der Waals surface area contributed by atoms with Crippen molar-refractivity contribution >= 4 is 12.2 Å². The van der Waals surface area contributed by atoms with Crippen LogP contribution in [0.2, 0.25) is 0 Å². The molecule has 0 aliphatic carbocycles. The minimum Gasteiger partial charge on any atom is -0.211 e. The largest absolute Gasteiger partial charge is 0.237 e. The van der Waals surface area contributed by atoms with Gasteiger partial charge in [0.15, 0.2) is 6.17 Å². The normalized spacial score (nSPS) is 11.2. The van der Waals surface area contributed by atoms with E-state index in [1.807, 2.05) is 25.1 Å². The Morgan fingerprint density at radius 3 is 2.24 bits per heavy atom. The van der Waals surface area contributed by atoms with Gasteiger partial charge in [-0.15, -0.1) is 0 Å². The van der Waals surface area contributed by atoms with Crippen molar-refractivity contribution in [3.8, 4) is 0 Å². The average molecular weight is 230 g/mol. The predicted octanol–water partition coefficient (Wildman–Crippen LogP) is 2.48. The molecule has 4 heteroatoms. The van der Waals surface area contributed by atoms with E-state index in [0.29, 0.717) is 0 Å². The van der Waals surface area contributed by atoms with Gasteiger partial charge < -0.3 is 0 Å². The van der Waals surface area contributed by atoms with Gasteiger partial charge in [0.25, 0.3) is 0 Å². The molecule has 0 saturated carbocycles. The molecule has 0 spiro atoms. The number of aliphatic imine (C=N–C) groups is 2. The Kier molecular flexibility index (Phi) is 5.02. The first-order valence-corrected chi connectivity index (χ1v) is 5.52. The van der Waals surface area contributed by atoms with Crippen molar-refractivity contribution in [1.82, 2.24) is 0 Å². The van der Waals surface area contributed by atoms with E-state index in [-0.39, 0.29) is 0 Å². The van der Waals surface area contributed by atoms with Gasteiger partial charge in [-0.3, -0.25) is 0 Å². The Labute approximate surface area is 100 Å². The molecule has 1 aromatic carbocycles. The Hall–Kier alpha value is -2.02. The quantitative estimate of drug-likeness (QED) is 0.576. The molecule has 0 aromatic heterocycles. The first kappa shape index (κ1) is 13.0. The molecule has 0 heterocycles. The SMILES string of the molecule is CCc1ccc(C(N=C=O)N=C=O)c(CC)c1. The number of carbonyl (C=O) groups excluding carboxylic acids is 2. The molecule has 1 aromatic rings. The van der Waals surface area contributed by atoms with Crippen LogP contribution >= 0.6 is 0 Å². The molecule has 0 aliphatic heterocycles. The fourth-order valence-electron chi connectivity index (χ4n) is 1.70. The summed E-state index contributed by atoms with van der Waals surface area (Å²) >= 11 is 0. The summed E-state index contributed by atoms with van der Waals surface area (Å²) in [6.07, 6.45) is 3.78. The van der Waals surface area contributed by atoms with E-state index in [2.05, 4.69) is 16.9 Å². The zero-order valence-corrected chi connectivity index (χ0v) is 9.93. The fraction of sp³-hybridized carbons (Fsp3) is 0.385. The van der Waals surface area contributed by atoms with E-state index in [4.69, 9.17) is 0 Å². The van der Waals surface area contributed by atoms with Crippen LogP contribution < -0.4 is 0 Å². The molecule has 0 bridgehead atoms. The second kappa shape index (κ2) is 6.54. The van der Waals surface area contributed by atoms with Crippen molar-refractivity contribution in [3.05, 3.63) is 34.9 Å². The number of aryl methyl sites for hydroxylation is 2. The smallest absolute Gasteiger partial charge is 0.211 e. The standard InChI is InChI=1S/C13H14N2O2/c1-3-10-5-6-12(11(4-2)7-10)13(14-8-16)15-9-17/h5-7,13H,3-4H2,1-2H3. The van der Waals surface area contributed by atoms with Crippen LogP contribution in [0.4, 0.5) is 0 Å². The summed E-state index contributed by atoms with van der Waals surface area (Å²) in [5.41, 5.74) is 3.00. The number of benzene rings is 1. The molecule has 1 rings (SSSR count). The Balaban J connectivity index is 3.26. The van der Waals surface area contributed by atoms with Crippen molar-refractivity contribution in [3.63, 3.8) is 0 Å². The highest BCUT2D eigenvalue weighted by molar-refractivity contribution is 5.42. The van der Waals surface area contributed by atoms with Crippen LogP contribution in [0.1, 0.15) is 36.7 Å². The molecular formula is C13H14N2O2. The van der Waals surface area contributed by atoms with Gasteiger partial charge in [-0.25, -0.2) is 9.59 Å². The van der Waals surface area contributed by atoms with Crippen molar-refractivity contribution in [1.29, 1.82) is 0 Å². The highest BCUT2D eigenvalue weighted by atomic mass is 16.1. The average Bonchev–Trinajstić information content (AvgIpc) is 2.37. The maximum Gasteiger partial charge on any atom is 0.237 e. The van der Waals surface area contributed by atoms with E-state index >= 15 is 0 Å². The monoisotopic (exact) mass is 230 g/mol. The van der Waals surface area contributed by atoms with E-state index in [1.54, 1.807) is 0 Å². The van der Waals surface area contributed by atoms with Crippen LogP contribution in [-0.4, -0.2) is 12.2 Å². The van der Waals surface area contributed by atoms with Crippen LogP contribution in [0.5, 0.6) is 0 Å². The number of isocyanates is 2. The minimum absolute atomic E-state index is 0.761. The number of rotatable bonds is 5. The molecule has 0 unspecified atom stereocenters. The van der Waals surface area contributed by atoms with Gasteiger partial charge in [-0.05, 0) is 24.0 Å². The lowest BCUT2D eigenvalue weighted by molar-refractivity contribution is 0.551. The minimum atomic E-state index is -0.814. The van der Waals surface area contributed by atoms with E-state index in [9.17, 15) is 9.59 Å². The highest BCUT2D eigenvalue weighted by Crippen LogP contribution is 2.24. The second-order valence-electron chi connectivity index (χ2n) is 3.55. The lowest BCUT2D eigenvalue weighted by Crippen LogP contribution is -1.99. The maximum absolute atomic E-state index is 10.3. The summed E-state index contributed by atoms with van der Waals surface area (Å²) in [6.45, 7) is 4.07. The molecular weight excluding hydrogens is 216 g/mol. The van der Waals surface area contributed by atoms with Gasteiger partial charge in [0.2, 0.25) is 12.2 Å². The third-order valence-corrected chi connectivity index (χ3v) is 2.62. The van der Waals surface area contributed by atoms with Gasteiger partial charge >= 0.3 is 0 Å². The van der Waals surface area contributed by atoms with Crippen LogP contribution in [0, 0.1) is 0 Å². The highest BCUT2D eigenvalue weighted by Gasteiger charge is 2.12. The zero-order chi connectivity index (χ0) is 12.7. The lowest BCUT2D eigenvalue weighted by atomic mass is 9.99. The summed E-state index contributed by atoms with van der Waals surface area (Å²) in [4.78, 5) is 27.6. The Bertz CT molecular complexity index is 466. The summed E-state index contributed by atoms with van der Waals surface area (Å²) in [7, 11) is 0. The topological polar surface area (TPSA) is 58.9 Å². The summed E-state index contributed by atoms with van der Waals surface area (Å²) in [6, 6.07) is 5.84. The summed E-state index contributed by atoms with van der Waals surface area (Å²) in [5, 5.41) is 0. The Morgan fingerprint density at radius 1 is 1.12 bits per heavy atom. The van der Waals surface area contributed by atoms with Crippen molar-refractivity contribution in [2.24, 2.45) is 9.98 Å². The molecule has 0 aliphatic rings. The molecule has 0 radical (unpaired) electrons. The predicted molar refractivity (Wildman–Crippen MR) is 64.2 cm³/mol. The third-order valence-electron chi connectivity index (χ3n) is 2.62. The lowest BCUT2D eigenvalue weighted by Gasteiger charge is -2.11. The van der Waals surface area contributed by atoms with Gasteiger partial charge in [0.1, 0.15) is 0 Å². The van der Waals surface area contributed by atoms with Crippen LogP contribution in [0.15, 0.2) is 28.2 Å². The van der Waals surface area contributed by atoms with Gasteiger partial charge in [-0.1, -0.05) is 32.0 Å². The van der Waals surface area contributed by atoms with Crippen molar-refractivity contribution in [2.75, 3.05) is 0 Å². The molecule has 0 saturated heterocycles. The number of nitrogens with zero attached hydrogens (tertiary/aromatic N) is 2. The van der Waals surface area contributed by atoms with Gasteiger partial charge in [0.05, 0.1) is 0 Å². The number of hydrogen-bond donors (Lipinski definition) is 0. The molecule has 88 valence electrons. The van der Waals surface area contributed by atoms with E-state index in [1.165, 1.54) is 17.7 Å². The third kappa shape index (κ3) is 3.22. The molecule has 17 heavy (non-hydrogen) atoms. The summed E-state index contributed by atoms with van der Waals surface area (Å²) < 4.78 is 0. The second-order valence-corrected chi connectivity index (χ2v) is 3.55. The maximum atomic E-state index is 10.3. The molecule has 0 fully saturated rings. The Morgan fingerprint density at radius 2 is 1.76 bits per heavy atom. The molecule has 0 amide bonds. The van der Waals surface area contributed by atoms with Crippen molar-refractivity contribution < 1.29 is 9.59 Å². The van der Waals surface area contributed by atoms with E-state index < -0.39 is 6.17 Å². The van der Waals surface area contributed by atoms with Gasteiger partial charge in [-0.2, -0.15) is 9.98 Å². The van der Waals surface area contributed by atoms with Crippen LogP contribution in [0.25, 0.3) is 0 Å².